The van der Waals surface area contributed by atoms with Gasteiger partial charge in [0.2, 0.25) is 0 Å². The molecule has 0 aromatic carbocycles. The number of aromatic nitrogens is 3. The SMILES string of the molecule is Cc1nn(C)c2ncc(NC(=O)C(C)OCC(F)(F)F)cc12. The number of carbonyl (C=O) groups excluding carboxylic acids is 1. The molecule has 2 heterocycles. The standard InChI is InChI=1S/C13H15F3N4O2/c1-7-10-4-9(5-17-11(10)20(3)19-7)18-12(21)8(2)22-6-13(14,15)16/h4-5,8H,6H2,1-3H3,(H,18,21). The van der Waals surface area contributed by atoms with E-state index < -0.39 is 24.8 Å². The molecule has 0 saturated heterocycles. The van der Waals surface area contributed by atoms with Crippen LogP contribution in [-0.2, 0) is 16.6 Å². The second kappa shape index (κ2) is 5.91. The van der Waals surface area contributed by atoms with Gasteiger partial charge in [-0.25, -0.2) is 4.98 Å². The lowest BCUT2D eigenvalue weighted by molar-refractivity contribution is -0.184. The number of anilines is 1. The molecule has 120 valence electrons. The van der Waals surface area contributed by atoms with Crippen molar-refractivity contribution in [2.24, 2.45) is 7.05 Å². The van der Waals surface area contributed by atoms with Gasteiger partial charge in [-0.3, -0.25) is 9.48 Å². The average molecular weight is 316 g/mol. The van der Waals surface area contributed by atoms with E-state index in [1.807, 2.05) is 0 Å². The van der Waals surface area contributed by atoms with Crippen molar-refractivity contribution in [2.45, 2.75) is 26.1 Å². The molecule has 0 aliphatic rings. The van der Waals surface area contributed by atoms with Crippen molar-refractivity contribution in [1.29, 1.82) is 0 Å². The monoisotopic (exact) mass is 316 g/mol. The third kappa shape index (κ3) is 3.73. The molecule has 2 aromatic rings. The van der Waals surface area contributed by atoms with E-state index in [0.29, 0.717) is 11.3 Å². The van der Waals surface area contributed by atoms with Crippen molar-refractivity contribution in [3.63, 3.8) is 0 Å². The van der Waals surface area contributed by atoms with E-state index in [4.69, 9.17) is 0 Å². The van der Waals surface area contributed by atoms with Crippen molar-refractivity contribution in [3.8, 4) is 0 Å². The molecule has 1 amide bonds. The molecule has 1 atom stereocenters. The second-order valence-electron chi connectivity index (χ2n) is 4.86. The predicted molar refractivity (Wildman–Crippen MR) is 73.3 cm³/mol. The van der Waals surface area contributed by atoms with E-state index in [1.54, 1.807) is 24.7 Å². The van der Waals surface area contributed by atoms with Gasteiger partial charge in [0.15, 0.2) is 5.65 Å². The predicted octanol–water partition coefficient (Wildman–Crippen LogP) is 2.18. The molecule has 9 heteroatoms. The summed E-state index contributed by atoms with van der Waals surface area (Å²) < 4.78 is 42.2. The number of hydrogen-bond acceptors (Lipinski definition) is 4. The number of hydrogen-bond donors (Lipinski definition) is 1. The summed E-state index contributed by atoms with van der Waals surface area (Å²) in [5, 5.41) is 7.42. The Kier molecular flexibility index (Phi) is 4.36. The van der Waals surface area contributed by atoms with Gasteiger partial charge in [0.1, 0.15) is 12.7 Å². The number of nitrogens with zero attached hydrogens (tertiary/aromatic N) is 3. The molecule has 1 N–H and O–H groups in total. The summed E-state index contributed by atoms with van der Waals surface area (Å²) in [6.07, 6.45) is -4.29. The minimum atomic E-state index is -4.47. The minimum absolute atomic E-state index is 0.371. The van der Waals surface area contributed by atoms with Crippen molar-refractivity contribution >= 4 is 22.6 Å². The lowest BCUT2D eigenvalue weighted by atomic mass is 10.2. The number of halogens is 3. The molecule has 0 radical (unpaired) electrons. The summed E-state index contributed by atoms with van der Waals surface area (Å²) in [7, 11) is 1.74. The van der Waals surface area contributed by atoms with Crippen LogP contribution >= 0.6 is 0 Å². The van der Waals surface area contributed by atoms with Crippen LogP contribution in [0, 0.1) is 6.92 Å². The summed E-state index contributed by atoms with van der Waals surface area (Å²) in [6.45, 7) is 1.58. The molecule has 0 aliphatic carbocycles. The number of rotatable bonds is 4. The van der Waals surface area contributed by atoms with Crippen molar-refractivity contribution in [3.05, 3.63) is 18.0 Å². The van der Waals surface area contributed by atoms with Gasteiger partial charge in [0.25, 0.3) is 5.91 Å². The Bertz CT molecular complexity index is 696. The zero-order valence-corrected chi connectivity index (χ0v) is 12.2. The molecule has 0 bridgehead atoms. The van der Waals surface area contributed by atoms with E-state index in [0.717, 1.165) is 11.1 Å². The third-order valence-corrected chi connectivity index (χ3v) is 3.00. The van der Waals surface area contributed by atoms with Crippen LogP contribution in [0.15, 0.2) is 12.3 Å². The molecule has 0 saturated carbocycles. The van der Waals surface area contributed by atoms with E-state index in [1.165, 1.54) is 13.1 Å². The van der Waals surface area contributed by atoms with Crippen LogP contribution in [0.1, 0.15) is 12.6 Å². The number of amides is 1. The highest BCUT2D eigenvalue weighted by molar-refractivity contribution is 5.95. The van der Waals surface area contributed by atoms with Crippen molar-refractivity contribution in [2.75, 3.05) is 11.9 Å². The Morgan fingerprint density at radius 3 is 2.82 bits per heavy atom. The lowest BCUT2D eigenvalue weighted by Crippen LogP contribution is -2.31. The van der Waals surface area contributed by atoms with Gasteiger partial charge in [-0.1, -0.05) is 0 Å². The summed E-state index contributed by atoms with van der Waals surface area (Å²) in [4.78, 5) is 16.0. The first-order chi connectivity index (χ1) is 10.2. The summed E-state index contributed by atoms with van der Waals surface area (Å²) >= 11 is 0. The summed E-state index contributed by atoms with van der Waals surface area (Å²) in [5.41, 5.74) is 1.76. The maximum Gasteiger partial charge on any atom is 0.411 e. The van der Waals surface area contributed by atoms with Crippen LogP contribution in [0.25, 0.3) is 11.0 Å². The molecule has 1 unspecified atom stereocenters. The fourth-order valence-electron chi connectivity index (χ4n) is 1.92. The molecular formula is C13H15F3N4O2. The normalized spacial score (nSPS) is 13.4. The minimum Gasteiger partial charge on any atom is -0.359 e. The molecule has 22 heavy (non-hydrogen) atoms. The Balaban J connectivity index is 2.07. The Morgan fingerprint density at radius 2 is 2.18 bits per heavy atom. The number of alkyl halides is 3. The smallest absolute Gasteiger partial charge is 0.359 e. The zero-order valence-electron chi connectivity index (χ0n) is 12.2. The molecular weight excluding hydrogens is 301 g/mol. The first-order valence-electron chi connectivity index (χ1n) is 6.46. The molecule has 2 aromatic heterocycles. The maximum absolute atomic E-state index is 12.1. The van der Waals surface area contributed by atoms with Gasteiger partial charge in [-0.05, 0) is 19.9 Å². The number of fused-ring (bicyclic) bond motifs is 1. The largest absolute Gasteiger partial charge is 0.411 e. The van der Waals surface area contributed by atoms with E-state index in [2.05, 4.69) is 20.1 Å². The number of pyridine rings is 1. The Labute approximate surface area is 124 Å². The van der Waals surface area contributed by atoms with Crippen molar-refractivity contribution < 1.29 is 22.7 Å². The highest BCUT2D eigenvalue weighted by Gasteiger charge is 2.30. The van der Waals surface area contributed by atoms with E-state index >= 15 is 0 Å². The van der Waals surface area contributed by atoms with Crippen molar-refractivity contribution in [1.82, 2.24) is 14.8 Å². The Hall–Kier alpha value is -2.16. The highest BCUT2D eigenvalue weighted by atomic mass is 19.4. The van der Waals surface area contributed by atoms with E-state index in [-0.39, 0.29) is 0 Å². The Morgan fingerprint density at radius 1 is 1.50 bits per heavy atom. The fraction of sp³-hybridized carbons (Fsp3) is 0.462. The van der Waals surface area contributed by atoms with Gasteiger partial charge in [-0.2, -0.15) is 18.3 Å². The van der Waals surface area contributed by atoms with Gasteiger partial charge >= 0.3 is 6.18 Å². The number of ether oxygens (including phenoxy) is 1. The summed E-state index contributed by atoms with van der Waals surface area (Å²) in [5.74, 6) is -0.674. The van der Waals surface area contributed by atoms with Crippen LogP contribution in [0.3, 0.4) is 0 Å². The van der Waals surface area contributed by atoms with Crippen LogP contribution < -0.4 is 5.32 Å². The molecule has 6 nitrogen and oxygen atoms in total. The lowest BCUT2D eigenvalue weighted by Gasteiger charge is -2.14. The first kappa shape index (κ1) is 16.2. The third-order valence-electron chi connectivity index (χ3n) is 3.00. The fourth-order valence-corrected chi connectivity index (χ4v) is 1.92. The second-order valence-corrected chi connectivity index (χ2v) is 4.86. The highest BCUT2D eigenvalue weighted by Crippen LogP contribution is 2.20. The number of carbonyl (C=O) groups is 1. The van der Waals surface area contributed by atoms with Gasteiger partial charge in [0.05, 0.1) is 17.6 Å². The molecule has 0 spiro atoms. The molecule has 0 fully saturated rings. The molecule has 0 aliphatic heterocycles. The van der Waals surface area contributed by atoms with Crippen LogP contribution in [0.4, 0.5) is 18.9 Å². The first-order valence-corrected chi connectivity index (χ1v) is 6.46. The van der Waals surface area contributed by atoms with Crippen LogP contribution in [-0.4, -0.2) is 39.6 Å². The molecule has 2 rings (SSSR count). The van der Waals surface area contributed by atoms with Gasteiger partial charge in [-0.15, -0.1) is 0 Å². The maximum atomic E-state index is 12.1. The van der Waals surface area contributed by atoms with Crippen LogP contribution in [0.2, 0.25) is 0 Å². The quantitative estimate of drug-likeness (QED) is 0.939. The number of nitrogens with one attached hydrogen (secondary N) is 1. The zero-order chi connectivity index (χ0) is 16.5. The average Bonchev–Trinajstić information content (AvgIpc) is 2.70. The van der Waals surface area contributed by atoms with Gasteiger partial charge in [0, 0.05) is 12.4 Å². The topological polar surface area (TPSA) is 69.0 Å². The number of aryl methyl sites for hydroxylation is 2. The summed E-state index contributed by atoms with van der Waals surface area (Å²) in [6, 6.07) is 1.67. The van der Waals surface area contributed by atoms with E-state index in [9.17, 15) is 18.0 Å². The van der Waals surface area contributed by atoms with Crippen LogP contribution in [0.5, 0.6) is 0 Å². The van der Waals surface area contributed by atoms with Gasteiger partial charge < -0.3 is 10.1 Å².